The molecule has 1 fully saturated rings. The summed E-state index contributed by atoms with van der Waals surface area (Å²) in [5.74, 6) is -0.0284. The topological polar surface area (TPSA) is 45.2 Å². The standard InChI is InChI=1S/C17H18FN3O/c18-14-8-2-3-9-15(14)20-16-13(7-6-10-19-16)17(22)21-11-4-1-5-12-21/h2-3,6-10H,1,4-5,11-12H2,(H,19,20). The van der Waals surface area contributed by atoms with Gasteiger partial charge in [-0.15, -0.1) is 0 Å². The third-order valence-electron chi connectivity index (χ3n) is 3.81. The fourth-order valence-electron chi connectivity index (χ4n) is 2.63. The average Bonchev–Trinajstić information content (AvgIpc) is 2.58. The Balaban J connectivity index is 1.86. The van der Waals surface area contributed by atoms with Gasteiger partial charge in [0, 0.05) is 19.3 Å². The number of rotatable bonds is 3. The van der Waals surface area contributed by atoms with Crippen LogP contribution < -0.4 is 5.32 Å². The Morgan fingerprint density at radius 3 is 2.64 bits per heavy atom. The molecular weight excluding hydrogens is 281 g/mol. The van der Waals surface area contributed by atoms with Crippen molar-refractivity contribution in [3.05, 3.63) is 54.0 Å². The largest absolute Gasteiger partial charge is 0.339 e. The molecule has 1 aliphatic rings. The molecule has 2 heterocycles. The average molecular weight is 299 g/mol. The molecule has 0 bridgehead atoms. The number of aromatic nitrogens is 1. The van der Waals surface area contributed by atoms with Crippen LogP contribution in [0.5, 0.6) is 0 Å². The second kappa shape index (κ2) is 6.56. The number of hydrogen-bond acceptors (Lipinski definition) is 3. The summed E-state index contributed by atoms with van der Waals surface area (Å²) in [5, 5.41) is 2.93. The van der Waals surface area contributed by atoms with Gasteiger partial charge in [-0.05, 0) is 43.5 Å². The fourth-order valence-corrected chi connectivity index (χ4v) is 2.63. The quantitative estimate of drug-likeness (QED) is 0.942. The normalized spacial score (nSPS) is 14.7. The first-order valence-corrected chi connectivity index (χ1v) is 7.51. The number of anilines is 2. The minimum atomic E-state index is -0.371. The van der Waals surface area contributed by atoms with Crippen molar-refractivity contribution in [2.45, 2.75) is 19.3 Å². The lowest BCUT2D eigenvalue weighted by Crippen LogP contribution is -2.36. The first kappa shape index (κ1) is 14.5. The van der Waals surface area contributed by atoms with Crippen LogP contribution in [0.3, 0.4) is 0 Å². The van der Waals surface area contributed by atoms with Crippen LogP contribution in [-0.4, -0.2) is 28.9 Å². The van der Waals surface area contributed by atoms with Crippen molar-refractivity contribution in [3.8, 4) is 0 Å². The van der Waals surface area contributed by atoms with Gasteiger partial charge in [-0.2, -0.15) is 0 Å². The number of carbonyl (C=O) groups excluding carboxylic acids is 1. The Kier molecular flexibility index (Phi) is 4.32. The molecule has 0 saturated carbocycles. The van der Waals surface area contributed by atoms with Crippen molar-refractivity contribution in [3.63, 3.8) is 0 Å². The zero-order chi connectivity index (χ0) is 15.4. The number of para-hydroxylation sites is 1. The van der Waals surface area contributed by atoms with E-state index in [1.807, 2.05) is 4.90 Å². The summed E-state index contributed by atoms with van der Waals surface area (Å²) in [7, 11) is 0. The maximum atomic E-state index is 13.8. The molecule has 22 heavy (non-hydrogen) atoms. The van der Waals surface area contributed by atoms with E-state index in [2.05, 4.69) is 10.3 Å². The lowest BCUT2D eigenvalue weighted by atomic mass is 10.1. The predicted molar refractivity (Wildman–Crippen MR) is 83.7 cm³/mol. The summed E-state index contributed by atoms with van der Waals surface area (Å²) in [4.78, 5) is 18.7. The molecule has 1 aliphatic heterocycles. The number of likely N-dealkylation sites (tertiary alicyclic amines) is 1. The van der Waals surface area contributed by atoms with Gasteiger partial charge in [0.1, 0.15) is 11.6 Å². The van der Waals surface area contributed by atoms with Crippen LogP contribution in [-0.2, 0) is 0 Å². The van der Waals surface area contributed by atoms with Gasteiger partial charge in [-0.1, -0.05) is 12.1 Å². The number of amides is 1. The van der Waals surface area contributed by atoms with Crippen molar-refractivity contribution in [2.75, 3.05) is 18.4 Å². The predicted octanol–water partition coefficient (Wildman–Crippen LogP) is 3.59. The van der Waals surface area contributed by atoms with E-state index in [1.54, 1.807) is 36.5 Å². The molecular formula is C17H18FN3O. The van der Waals surface area contributed by atoms with E-state index in [1.165, 1.54) is 6.07 Å². The van der Waals surface area contributed by atoms with E-state index in [4.69, 9.17) is 0 Å². The zero-order valence-corrected chi connectivity index (χ0v) is 12.3. The van der Waals surface area contributed by atoms with Crippen molar-refractivity contribution < 1.29 is 9.18 Å². The highest BCUT2D eigenvalue weighted by molar-refractivity contribution is 5.99. The summed E-state index contributed by atoms with van der Waals surface area (Å²) in [6.07, 6.45) is 4.82. The van der Waals surface area contributed by atoms with Crippen LogP contribution in [0.2, 0.25) is 0 Å². The van der Waals surface area contributed by atoms with E-state index >= 15 is 0 Å². The lowest BCUT2D eigenvalue weighted by Gasteiger charge is -2.27. The van der Waals surface area contributed by atoms with Crippen molar-refractivity contribution in [1.82, 2.24) is 9.88 Å². The van der Waals surface area contributed by atoms with E-state index < -0.39 is 0 Å². The SMILES string of the molecule is O=C(c1cccnc1Nc1ccccc1F)N1CCCCC1. The molecule has 114 valence electrons. The highest BCUT2D eigenvalue weighted by atomic mass is 19.1. The van der Waals surface area contributed by atoms with Gasteiger partial charge >= 0.3 is 0 Å². The second-order valence-electron chi connectivity index (χ2n) is 5.36. The highest BCUT2D eigenvalue weighted by Crippen LogP contribution is 2.23. The van der Waals surface area contributed by atoms with E-state index in [9.17, 15) is 9.18 Å². The molecule has 2 aromatic rings. The number of halogens is 1. The van der Waals surface area contributed by atoms with Crippen LogP contribution in [0, 0.1) is 5.82 Å². The van der Waals surface area contributed by atoms with Gasteiger partial charge < -0.3 is 10.2 Å². The molecule has 3 rings (SSSR count). The molecule has 5 heteroatoms. The molecule has 1 N–H and O–H groups in total. The molecule has 0 spiro atoms. The molecule has 1 aromatic heterocycles. The molecule has 1 saturated heterocycles. The van der Waals surface area contributed by atoms with Gasteiger partial charge in [-0.25, -0.2) is 9.37 Å². The third kappa shape index (κ3) is 3.08. The van der Waals surface area contributed by atoms with E-state index in [0.717, 1.165) is 32.4 Å². The van der Waals surface area contributed by atoms with Gasteiger partial charge in [0.2, 0.25) is 0 Å². The Labute approximate surface area is 129 Å². The van der Waals surface area contributed by atoms with Crippen molar-refractivity contribution in [1.29, 1.82) is 0 Å². The molecule has 4 nitrogen and oxygen atoms in total. The summed E-state index contributed by atoms with van der Waals surface area (Å²) in [6.45, 7) is 1.54. The molecule has 0 atom stereocenters. The van der Waals surface area contributed by atoms with Crippen molar-refractivity contribution >= 4 is 17.4 Å². The highest BCUT2D eigenvalue weighted by Gasteiger charge is 2.21. The first-order chi connectivity index (χ1) is 10.8. The van der Waals surface area contributed by atoms with Gasteiger partial charge in [-0.3, -0.25) is 4.79 Å². The Morgan fingerprint density at radius 1 is 1.09 bits per heavy atom. The smallest absolute Gasteiger partial charge is 0.257 e. The summed E-state index contributed by atoms with van der Waals surface area (Å²) >= 11 is 0. The number of nitrogens with zero attached hydrogens (tertiary/aromatic N) is 2. The Bertz CT molecular complexity index is 668. The fraction of sp³-hybridized carbons (Fsp3) is 0.294. The Hall–Kier alpha value is -2.43. The third-order valence-corrected chi connectivity index (χ3v) is 3.81. The van der Waals surface area contributed by atoms with E-state index in [-0.39, 0.29) is 11.7 Å². The number of carbonyl (C=O) groups is 1. The number of piperidine rings is 1. The number of nitrogens with one attached hydrogen (secondary N) is 1. The summed E-state index contributed by atoms with van der Waals surface area (Å²) in [5.41, 5.74) is 0.793. The van der Waals surface area contributed by atoms with Gasteiger partial charge in [0.25, 0.3) is 5.91 Å². The Morgan fingerprint density at radius 2 is 1.86 bits per heavy atom. The van der Waals surface area contributed by atoms with Crippen LogP contribution in [0.25, 0.3) is 0 Å². The zero-order valence-electron chi connectivity index (χ0n) is 12.3. The molecule has 0 unspecified atom stereocenters. The molecule has 1 amide bonds. The van der Waals surface area contributed by atoms with Gasteiger partial charge in [0.05, 0.1) is 11.3 Å². The molecule has 0 aliphatic carbocycles. The van der Waals surface area contributed by atoms with Crippen LogP contribution in [0.15, 0.2) is 42.6 Å². The van der Waals surface area contributed by atoms with Crippen LogP contribution >= 0.6 is 0 Å². The van der Waals surface area contributed by atoms with Crippen LogP contribution in [0.4, 0.5) is 15.9 Å². The summed E-state index contributed by atoms with van der Waals surface area (Å²) < 4.78 is 13.8. The minimum Gasteiger partial charge on any atom is -0.339 e. The second-order valence-corrected chi connectivity index (χ2v) is 5.36. The molecule has 1 aromatic carbocycles. The maximum absolute atomic E-state index is 13.8. The maximum Gasteiger partial charge on any atom is 0.257 e. The van der Waals surface area contributed by atoms with E-state index in [0.29, 0.717) is 17.1 Å². The number of pyridine rings is 1. The van der Waals surface area contributed by atoms with Crippen LogP contribution in [0.1, 0.15) is 29.6 Å². The number of benzene rings is 1. The summed E-state index contributed by atoms with van der Waals surface area (Å²) in [6, 6.07) is 9.81. The molecule has 0 radical (unpaired) electrons. The first-order valence-electron chi connectivity index (χ1n) is 7.51. The minimum absolute atomic E-state index is 0.0494. The van der Waals surface area contributed by atoms with Gasteiger partial charge in [0.15, 0.2) is 0 Å². The lowest BCUT2D eigenvalue weighted by molar-refractivity contribution is 0.0725. The number of hydrogen-bond donors (Lipinski definition) is 1. The van der Waals surface area contributed by atoms with Crippen molar-refractivity contribution in [2.24, 2.45) is 0 Å². The monoisotopic (exact) mass is 299 g/mol.